The topological polar surface area (TPSA) is 53.6 Å². The third kappa shape index (κ3) is 2.84. The van der Waals surface area contributed by atoms with Gasteiger partial charge in [-0.15, -0.1) is 0 Å². The second kappa shape index (κ2) is 5.55. The first kappa shape index (κ1) is 12.4. The lowest BCUT2D eigenvalue weighted by atomic mass is 9.84. The van der Waals surface area contributed by atoms with E-state index in [0.717, 1.165) is 26.2 Å². The monoisotopic (exact) mass is 253 g/mol. The summed E-state index contributed by atoms with van der Waals surface area (Å²) in [6.07, 6.45) is 3.04. The number of morpholine rings is 1. The number of hydrogen-bond donors (Lipinski definition) is 2. The normalized spacial score (nSPS) is 39.6. The van der Waals surface area contributed by atoms with Gasteiger partial charge < -0.3 is 20.3 Å². The fraction of sp³-hybridized carbons (Fsp3) is 0.923. The van der Waals surface area contributed by atoms with Crippen LogP contribution in [0.1, 0.15) is 19.3 Å². The Labute approximate surface area is 108 Å². The van der Waals surface area contributed by atoms with Gasteiger partial charge in [0, 0.05) is 25.7 Å². The number of carbonyl (C=O) groups excluding carboxylic acids is 1. The zero-order valence-corrected chi connectivity index (χ0v) is 10.9. The molecule has 2 unspecified atom stereocenters. The van der Waals surface area contributed by atoms with Crippen LogP contribution in [0.15, 0.2) is 0 Å². The summed E-state index contributed by atoms with van der Waals surface area (Å²) in [5.74, 6) is 0.854. The van der Waals surface area contributed by atoms with Gasteiger partial charge in [0.2, 0.25) is 5.91 Å². The molecule has 0 spiro atoms. The summed E-state index contributed by atoms with van der Waals surface area (Å²) in [7, 11) is 0. The maximum atomic E-state index is 12.0. The lowest BCUT2D eigenvalue weighted by molar-refractivity contribution is -0.126. The highest BCUT2D eigenvalue weighted by molar-refractivity contribution is 5.76. The van der Waals surface area contributed by atoms with E-state index in [1.54, 1.807) is 0 Å². The Morgan fingerprint density at radius 3 is 2.83 bits per heavy atom. The molecule has 4 aliphatic heterocycles. The Balaban J connectivity index is 1.45. The third-order valence-electron chi connectivity index (χ3n) is 4.42. The first-order chi connectivity index (χ1) is 8.81. The second-order valence-corrected chi connectivity index (χ2v) is 5.71. The number of ether oxygens (including phenoxy) is 1. The first-order valence-electron chi connectivity index (χ1n) is 7.15. The summed E-state index contributed by atoms with van der Waals surface area (Å²) >= 11 is 0. The van der Waals surface area contributed by atoms with E-state index >= 15 is 0 Å². The molecule has 4 aliphatic rings. The summed E-state index contributed by atoms with van der Waals surface area (Å²) in [6, 6.07) is 0.372. The zero-order chi connectivity index (χ0) is 12.4. The fourth-order valence-corrected chi connectivity index (χ4v) is 3.35. The highest BCUT2D eigenvalue weighted by atomic mass is 16.5. The van der Waals surface area contributed by atoms with Crippen molar-refractivity contribution in [3.63, 3.8) is 0 Å². The van der Waals surface area contributed by atoms with Gasteiger partial charge in [-0.05, 0) is 31.8 Å². The molecule has 2 bridgehead atoms. The van der Waals surface area contributed by atoms with Crippen molar-refractivity contribution in [2.45, 2.75) is 31.4 Å². The van der Waals surface area contributed by atoms with Crippen molar-refractivity contribution in [1.82, 2.24) is 15.5 Å². The van der Waals surface area contributed by atoms with Gasteiger partial charge in [-0.1, -0.05) is 0 Å². The molecule has 2 atom stereocenters. The average molecular weight is 253 g/mol. The summed E-state index contributed by atoms with van der Waals surface area (Å²) in [5.41, 5.74) is 0. The summed E-state index contributed by atoms with van der Waals surface area (Å²) < 4.78 is 5.57. The quantitative estimate of drug-likeness (QED) is 0.717. The molecule has 0 radical (unpaired) electrons. The van der Waals surface area contributed by atoms with E-state index in [1.165, 1.54) is 25.9 Å². The van der Waals surface area contributed by atoms with E-state index in [0.29, 0.717) is 18.4 Å². The molecule has 0 aromatic rings. The molecular weight excluding hydrogens is 230 g/mol. The molecule has 4 fully saturated rings. The second-order valence-electron chi connectivity index (χ2n) is 5.71. The maximum Gasteiger partial charge on any atom is 0.222 e. The highest BCUT2D eigenvalue weighted by Gasteiger charge is 2.35. The van der Waals surface area contributed by atoms with E-state index in [9.17, 15) is 4.79 Å². The SMILES string of the molecule is O=C(CC1CNCCO1)NC1CN2CCC1CC2. The zero-order valence-electron chi connectivity index (χ0n) is 10.9. The van der Waals surface area contributed by atoms with Gasteiger partial charge in [0.05, 0.1) is 19.1 Å². The van der Waals surface area contributed by atoms with Crippen LogP contribution in [0.5, 0.6) is 0 Å². The van der Waals surface area contributed by atoms with Crippen molar-refractivity contribution >= 4 is 5.91 Å². The Hall–Kier alpha value is -0.650. The molecule has 18 heavy (non-hydrogen) atoms. The van der Waals surface area contributed by atoms with Crippen molar-refractivity contribution in [3.8, 4) is 0 Å². The van der Waals surface area contributed by atoms with Crippen molar-refractivity contribution in [2.75, 3.05) is 39.3 Å². The van der Waals surface area contributed by atoms with Crippen molar-refractivity contribution in [2.24, 2.45) is 5.92 Å². The van der Waals surface area contributed by atoms with E-state index in [1.807, 2.05) is 0 Å². The molecule has 0 aromatic heterocycles. The number of amides is 1. The van der Waals surface area contributed by atoms with Crippen LogP contribution in [0.3, 0.4) is 0 Å². The van der Waals surface area contributed by atoms with Crippen LogP contribution in [0, 0.1) is 5.92 Å². The maximum absolute atomic E-state index is 12.0. The smallest absolute Gasteiger partial charge is 0.222 e. The predicted octanol–water partition coefficient (Wildman–Crippen LogP) is -0.425. The fourth-order valence-electron chi connectivity index (χ4n) is 3.35. The van der Waals surface area contributed by atoms with Crippen LogP contribution >= 0.6 is 0 Å². The van der Waals surface area contributed by atoms with Crippen molar-refractivity contribution in [3.05, 3.63) is 0 Å². The number of hydrogen-bond acceptors (Lipinski definition) is 4. The molecule has 1 amide bonds. The number of piperidine rings is 3. The first-order valence-corrected chi connectivity index (χ1v) is 7.15. The van der Waals surface area contributed by atoms with Gasteiger partial charge in [0.15, 0.2) is 0 Å². The molecule has 2 N–H and O–H groups in total. The van der Waals surface area contributed by atoms with Gasteiger partial charge in [0.1, 0.15) is 0 Å². The number of nitrogens with one attached hydrogen (secondary N) is 2. The minimum absolute atomic E-state index is 0.0554. The van der Waals surface area contributed by atoms with Crippen LogP contribution in [-0.2, 0) is 9.53 Å². The molecule has 4 saturated heterocycles. The van der Waals surface area contributed by atoms with Crippen LogP contribution in [0.4, 0.5) is 0 Å². The summed E-state index contributed by atoms with van der Waals surface area (Å²) in [5, 5.41) is 6.47. The van der Waals surface area contributed by atoms with Gasteiger partial charge >= 0.3 is 0 Å². The van der Waals surface area contributed by atoms with Gasteiger partial charge in [-0.2, -0.15) is 0 Å². The minimum atomic E-state index is 0.0554. The minimum Gasteiger partial charge on any atom is -0.375 e. The van der Waals surface area contributed by atoms with E-state index in [4.69, 9.17) is 4.74 Å². The molecule has 0 aliphatic carbocycles. The number of fused-ring (bicyclic) bond motifs is 3. The van der Waals surface area contributed by atoms with E-state index in [-0.39, 0.29) is 12.0 Å². The standard InChI is InChI=1S/C13H23N3O2/c17-13(7-11-8-14-3-6-18-11)15-12-9-16-4-1-10(12)2-5-16/h10-12,14H,1-9H2,(H,15,17). The van der Waals surface area contributed by atoms with Crippen LogP contribution in [0.2, 0.25) is 0 Å². The van der Waals surface area contributed by atoms with Gasteiger partial charge in [-0.25, -0.2) is 0 Å². The molecule has 0 aromatic carbocycles. The number of carbonyl (C=O) groups is 1. The molecule has 0 saturated carbocycles. The van der Waals surface area contributed by atoms with Crippen LogP contribution in [0.25, 0.3) is 0 Å². The molecule has 102 valence electrons. The Bertz CT molecular complexity index is 297. The Kier molecular flexibility index (Phi) is 3.82. The van der Waals surface area contributed by atoms with E-state index < -0.39 is 0 Å². The van der Waals surface area contributed by atoms with Gasteiger partial charge in [0.25, 0.3) is 0 Å². The van der Waals surface area contributed by atoms with E-state index in [2.05, 4.69) is 15.5 Å². The third-order valence-corrected chi connectivity index (χ3v) is 4.42. The highest BCUT2D eigenvalue weighted by Crippen LogP contribution is 2.27. The Morgan fingerprint density at radius 1 is 1.39 bits per heavy atom. The van der Waals surface area contributed by atoms with Crippen molar-refractivity contribution in [1.29, 1.82) is 0 Å². The number of nitrogens with zero attached hydrogens (tertiary/aromatic N) is 1. The van der Waals surface area contributed by atoms with Gasteiger partial charge in [-0.3, -0.25) is 4.79 Å². The molecule has 4 heterocycles. The van der Waals surface area contributed by atoms with Crippen LogP contribution < -0.4 is 10.6 Å². The molecule has 4 rings (SSSR count). The lowest BCUT2D eigenvalue weighted by Crippen LogP contribution is -2.57. The molecule has 5 nitrogen and oxygen atoms in total. The Morgan fingerprint density at radius 2 is 2.22 bits per heavy atom. The summed E-state index contributed by atoms with van der Waals surface area (Å²) in [4.78, 5) is 14.5. The predicted molar refractivity (Wildman–Crippen MR) is 68.3 cm³/mol. The van der Waals surface area contributed by atoms with Crippen molar-refractivity contribution < 1.29 is 9.53 Å². The molecular formula is C13H23N3O2. The largest absolute Gasteiger partial charge is 0.375 e. The average Bonchev–Trinajstić information content (AvgIpc) is 2.41. The van der Waals surface area contributed by atoms with Crippen LogP contribution in [-0.4, -0.2) is 62.3 Å². The summed E-state index contributed by atoms with van der Waals surface area (Å²) in [6.45, 7) is 5.89. The lowest BCUT2D eigenvalue weighted by Gasteiger charge is -2.45. The number of rotatable bonds is 3. The molecule has 5 heteroatoms.